The molecule has 3 rings (SSSR count). The highest BCUT2D eigenvalue weighted by Gasteiger charge is 2.10. The zero-order valence-electron chi connectivity index (χ0n) is 17.2. The van der Waals surface area contributed by atoms with Gasteiger partial charge >= 0.3 is 0 Å². The van der Waals surface area contributed by atoms with Gasteiger partial charge in [-0.1, -0.05) is 12.1 Å². The van der Waals surface area contributed by atoms with Gasteiger partial charge in [-0.05, 0) is 86.3 Å². The molecule has 3 aromatic carbocycles. The smallest absolute Gasteiger partial charge is 0.271 e. The Hall–Kier alpha value is -3.04. The molecule has 3 aromatic rings. The number of hydrogen-bond acceptors (Lipinski definition) is 6. The molecule has 0 aromatic heterocycles. The van der Waals surface area contributed by atoms with Crippen molar-refractivity contribution in [2.24, 2.45) is 5.10 Å². The molecule has 1 amide bonds. The maximum Gasteiger partial charge on any atom is 0.271 e. The van der Waals surface area contributed by atoms with Crippen LogP contribution in [0.3, 0.4) is 0 Å². The first-order valence-electron chi connectivity index (χ1n) is 9.39. The molecule has 9 heteroatoms. The maximum atomic E-state index is 12.3. The molecular weight excluding hydrogens is 544 g/mol. The van der Waals surface area contributed by atoms with Crippen molar-refractivity contribution in [3.05, 3.63) is 79.7 Å². The van der Waals surface area contributed by atoms with Crippen LogP contribution >= 0.6 is 31.9 Å². The fourth-order valence-corrected chi connectivity index (χ4v) is 4.45. The van der Waals surface area contributed by atoms with E-state index < -0.39 is 5.91 Å². The van der Waals surface area contributed by atoms with E-state index in [2.05, 4.69) is 42.4 Å². The number of methoxy groups -OCH3 is 1. The Morgan fingerprint density at radius 2 is 1.75 bits per heavy atom. The molecule has 0 saturated heterocycles. The van der Waals surface area contributed by atoms with Gasteiger partial charge in [0.05, 0.1) is 22.3 Å². The minimum Gasteiger partial charge on any atom is -0.504 e. The van der Waals surface area contributed by atoms with Gasteiger partial charge in [-0.15, -0.1) is 0 Å². The Balaban J connectivity index is 1.60. The van der Waals surface area contributed by atoms with Gasteiger partial charge in [0.25, 0.3) is 5.91 Å². The molecular formula is C23H20Br2N2O5. The lowest BCUT2D eigenvalue weighted by Crippen LogP contribution is -2.17. The van der Waals surface area contributed by atoms with Gasteiger partial charge in [-0.3, -0.25) is 4.79 Å². The molecule has 7 nitrogen and oxygen atoms in total. The fraction of sp³-hybridized carbons (Fsp3) is 0.130. The second-order valence-electron chi connectivity index (χ2n) is 6.83. The lowest BCUT2D eigenvalue weighted by Gasteiger charge is -2.11. The number of rotatable bonds is 7. The lowest BCUT2D eigenvalue weighted by molar-refractivity contribution is 0.0955. The molecule has 0 aliphatic carbocycles. The van der Waals surface area contributed by atoms with E-state index in [4.69, 9.17) is 9.47 Å². The average molecular weight is 564 g/mol. The van der Waals surface area contributed by atoms with Crippen molar-refractivity contribution in [1.82, 2.24) is 5.43 Å². The number of aromatic hydroxyl groups is 2. The molecule has 0 unspecified atom stereocenters. The average Bonchev–Trinajstić information content (AvgIpc) is 2.75. The highest BCUT2D eigenvalue weighted by molar-refractivity contribution is 9.11. The van der Waals surface area contributed by atoms with E-state index in [1.54, 1.807) is 24.3 Å². The van der Waals surface area contributed by atoms with Crippen molar-refractivity contribution in [3.8, 4) is 23.0 Å². The number of hydrazone groups is 1. The summed E-state index contributed by atoms with van der Waals surface area (Å²) >= 11 is 7.01. The van der Waals surface area contributed by atoms with E-state index >= 15 is 0 Å². The van der Waals surface area contributed by atoms with E-state index in [1.807, 2.05) is 19.1 Å². The molecule has 0 spiro atoms. The van der Waals surface area contributed by atoms with Crippen LogP contribution in [0.4, 0.5) is 0 Å². The van der Waals surface area contributed by atoms with Gasteiger partial charge in [0.15, 0.2) is 11.5 Å². The molecule has 0 saturated carbocycles. The number of benzene rings is 3. The second-order valence-corrected chi connectivity index (χ2v) is 8.54. The van der Waals surface area contributed by atoms with Crippen LogP contribution in [0.25, 0.3) is 0 Å². The van der Waals surface area contributed by atoms with Crippen LogP contribution in [-0.4, -0.2) is 29.4 Å². The largest absolute Gasteiger partial charge is 0.504 e. The Morgan fingerprint density at radius 3 is 2.38 bits per heavy atom. The second kappa shape index (κ2) is 10.5. The van der Waals surface area contributed by atoms with Crippen molar-refractivity contribution < 1.29 is 24.5 Å². The Kier molecular flexibility index (Phi) is 7.76. The first-order chi connectivity index (χ1) is 15.3. The molecule has 3 N–H and O–H groups in total. The minimum absolute atomic E-state index is 0.0975. The van der Waals surface area contributed by atoms with Crippen molar-refractivity contribution in [2.75, 3.05) is 7.11 Å². The Labute approximate surface area is 201 Å². The summed E-state index contributed by atoms with van der Waals surface area (Å²) in [6.07, 6.45) is 1.33. The quantitative estimate of drug-likeness (QED) is 0.206. The summed E-state index contributed by atoms with van der Waals surface area (Å²) in [5, 5.41) is 23.2. The Morgan fingerprint density at radius 1 is 1.09 bits per heavy atom. The number of hydrogen-bond donors (Lipinski definition) is 3. The van der Waals surface area contributed by atoms with Crippen LogP contribution in [-0.2, 0) is 6.61 Å². The number of amides is 1. The monoisotopic (exact) mass is 562 g/mol. The van der Waals surface area contributed by atoms with E-state index in [9.17, 15) is 15.0 Å². The third-order valence-electron chi connectivity index (χ3n) is 4.42. The number of nitrogens with one attached hydrogen (secondary N) is 1. The summed E-state index contributed by atoms with van der Waals surface area (Å²) in [6.45, 7) is 2.34. The molecule has 0 fully saturated rings. The van der Waals surface area contributed by atoms with Crippen molar-refractivity contribution in [1.29, 1.82) is 0 Å². The highest BCUT2D eigenvalue weighted by Crippen LogP contribution is 2.36. The van der Waals surface area contributed by atoms with Gasteiger partial charge in [-0.25, -0.2) is 5.43 Å². The van der Waals surface area contributed by atoms with Gasteiger partial charge in [0, 0.05) is 11.1 Å². The number of halogens is 2. The Bertz CT molecular complexity index is 1140. The third-order valence-corrected chi connectivity index (χ3v) is 5.60. The predicted molar refractivity (Wildman–Crippen MR) is 129 cm³/mol. The zero-order valence-corrected chi connectivity index (χ0v) is 20.4. The summed E-state index contributed by atoms with van der Waals surface area (Å²) in [7, 11) is 1.37. The summed E-state index contributed by atoms with van der Waals surface area (Å²) in [6, 6.07) is 13.7. The van der Waals surface area contributed by atoms with Crippen LogP contribution in [0.1, 0.15) is 27.0 Å². The molecule has 0 heterocycles. The predicted octanol–water partition coefficient (Wildman–Crippen LogP) is 5.28. The number of phenolic OH excluding ortho intramolecular Hbond substituents is 2. The number of carbonyl (C=O) groups excluding carboxylic acids is 1. The first-order valence-corrected chi connectivity index (χ1v) is 11.0. The summed E-state index contributed by atoms with van der Waals surface area (Å²) in [4.78, 5) is 12.3. The number of carbonyl (C=O) groups is 1. The molecule has 0 atom stereocenters. The lowest BCUT2D eigenvalue weighted by atomic mass is 10.1. The van der Waals surface area contributed by atoms with Crippen molar-refractivity contribution in [2.45, 2.75) is 13.5 Å². The van der Waals surface area contributed by atoms with Crippen molar-refractivity contribution >= 4 is 44.0 Å². The number of aryl methyl sites for hydroxylation is 1. The van der Waals surface area contributed by atoms with Crippen LogP contribution < -0.4 is 14.9 Å². The highest BCUT2D eigenvalue weighted by atomic mass is 79.9. The third kappa shape index (κ3) is 5.80. The molecule has 0 aliphatic heterocycles. The van der Waals surface area contributed by atoms with Crippen LogP contribution in [0, 0.1) is 6.92 Å². The van der Waals surface area contributed by atoms with Crippen LogP contribution in [0.15, 0.2) is 62.6 Å². The maximum absolute atomic E-state index is 12.3. The summed E-state index contributed by atoms with van der Waals surface area (Å²) < 4.78 is 12.6. The van der Waals surface area contributed by atoms with Gasteiger partial charge in [0.2, 0.25) is 5.75 Å². The fourth-order valence-electron chi connectivity index (χ4n) is 2.81. The van der Waals surface area contributed by atoms with Gasteiger partial charge < -0.3 is 19.7 Å². The van der Waals surface area contributed by atoms with Gasteiger partial charge in [-0.2, -0.15) is 5.10 Å². The van der Waals surface area contributed by atoms with E-state index in [0.717, 1.165) is 20.1 Å². The first kappa shape index (κ1) is 23.6. The number of phenols is 2. The van der Waals surface area contributed by atoms with E-state index in [0.29, 0.717) is 23.5 Å². The van der Waals surface area contributed by atoms with E-state index in [-0.39, 0.29) is 17.2 Å². The normalized spacial score (nSPS) is 10.9. The summed E-state index contributed by atoms with van der Waals surface area (Å²) in [5.41, 5.74) is 5.29. The molecule has 0 radical (unpaired) electrons. The standard InChI is InChI=1S/C23H20Br2N2O5/c1-13-7-17(24)22(18(25)8-13)32-12-14-3-5-16(6-4-14)23(30)27-26-11-15-9-19(28)21(29)20(10-15)31-2/h3-11,28-29H,12H2,1-2H3,(H,27,30)/b26-11+. The van der Waals surface area contributed by atoms with Crippen LogP contribution in [0.2, 0.25) is 0 Å². The molecule has 166 valence electrons. The molecule has 0 aliphatic rings. The molecule has 0 bridgehead atoms. The topological polar surface area (TPSA) is 100 Å². The van der Waals surface area contributed by atoms with Crippen LogP contribution in [0.5, 0.6) is 23.0 Å². The number of nitrogens with zero attached hydrogens (tertiary/aromatic N) is 1. The van der Waals surface area contributed by atoms with E-state index in [1.165, 1.54) is 25.5 Å². The van der Waals surface area contributed by atoms with Crippen molar-refractivity contribution in [3.63, 3.8) is 0 Å². The van der Waals surface area contributed by atoms with Gasteiger partial charge in [0.1, 0.15) is 12.4 Å². The zero-order chi connectivity index (χ0) is 23.3. The number of ether oxygens (including phenoxy) is 2. The minimum atomic E-state index is -0.396. The summed E-state index contributed by atoms with van der Waals surface area (Å²) in [5.74, 6) is -0.295. The SMILES string of the molecule is COc1cc(/C=N/NC(=O)c2ccc(COc3c(Br)cc(C)cc3Br)cc2)cc(O)c1O. The molecule has 32 heavy (non-hydrogen) atoms.